The van der Waals surface area contributed by atoms with Crippen LogP contribution in [0.5, 0.6) is 0 Å². The number of benzene rings is 1. The number of azide groups is 1. The van der Waals surface area contributed by atoms with Gasteiger partial charge in [0.2, 0.25) is 0 Å². The number of nitrogens with one attached hydrogen (secondary N) is 1. The van der Waals surface area contributed by atoms with E-state index in [1.54, 1.807) is 3.58 Å². The van der Waals surface area contributed by atoms with Gasteiger partial charge < -0.3 is 4.74 Å². The van der Waals surface area contributed by atoms with Crippen molar-refractivity contribution in [1.82, 2.24) is 5.32 Å². The van der Waals surface area contributed by atoms with Crippen LogP contribution in [0.15, 0.2) is 29.4 Å². The molecule has 0 aliphatic carbocycles. The molecular formula is C27H48N4O4Sn. The van der Waals surface area contributed by atoms with Gasteiger partial charge in [0.15, 0.2) is 0 Å². The van der Waals surface area contributed by atoms with E-state index in [1.807, 2.05) is 12.1 Å². The van der Waals surface area contributed by atoms with E-state index in [2.05, 4.69) is 48.2 Å². The van der Waals surface area contributed by atoms with Crippen LogP contribution < -0.4 is 8.90 Å². The Labute approximate surface area is 222 Å². The molecule has 0 unspecified atom stereocenters. The topological polar surface area (TPSA) is 106 Å². The summed E-state index contributed by atoms with van der Waals surface area (Å²) in [7, 11) is 0. The first-order valence-corrected chi connectivity index (χ1v) is 21.2. The molecular weight excluding hydrogens is 563 g/mol. The Morgan fingerprint density at radius 3 is 1.83 bits per heavy atom. The number of carbonyl (C=O) groups excluding carboxylic acids is 1. The van der Waals surface area contributed by atoms with E-state index < -0.39 is 18.4 Å². The second-order valence-corrected chi connectivity index (χ2v) is 22.5. The molecule has 1 aromatic carbocycles. The molecule has 0 aromatic heterocycles. The van der Waals surface area contributed by atoms with Gasteiger partial charge in [0.1, 0.15) is 0 Å². The number of hydrogen-bond donors (Lipinski definition) is 1. The van der Waals surface area contributed by atoms with Crippen molar-refractivity contribution in [3.8, 4) is 0 Å². The number of unbranched alkanes of at least 4 members (excludes halogenated alkanes) is 3. The first-order valence-electron chi connectivity index (χ1n) is 13.8. The van der Waals surface area contributed by atoms with Crippen LogP contribution in [0.1, 0.15) is 69.7 Å². The van der Waals surface area contributed by atoms with Gasteiger partial charge in [-0.15, -0.1) is 0 Å². The first kappa shape index (κ1) is 32.7. The van der Waals surface area contributed by atoms with Crippen molar-refractivity contribution in [3.63, 3.8) is 0 Å². The van der Waals surface area contributed by atoms with E-state index >= 15 is 0 Å². The standard InChI is InChI=1S/C15H21N4O4.3C4H9.Sn/c16-19-18-7-9-22-11-13-23-12-10-21-8-6-17-15(20)14-4-2-1-3-5-14;3*1-3-4-2;/h2-5H,6-13H2,(H,17,20);3*1,3-4H2,2H3;. The molecule has 0 atom stereocenters. The average Bonchev–Trinajstić information content (AvgIpc) is 2.91. The Balaban J connectivity index is 2.40. The molecule has 0 spiro atoms. The van der Waals surface area contributed by atoms with Crippen LogP contribution in [0.25, 0.3) is 10.4 Å². The van der Waals surface area contributed by atoms with Crippen LogP contribution in [-0.2, 0) is 14.2 Å². The van der Waals surface area contributed by atoms with E-state index in [0.717, 1.165) is 5.56 Å². The summed E-state index contributed by atoms with van der Waals surface area (Å²) < 4.78 is 22.1. The molecule has 8 nitrogen and oxygen atoms in total. The summed E-state index contributed by atoms with van der Waals surface area (Å²) in [6, 6.07) is 8.62. The van der Waals surface area contributed by atoms with E-state index in [0.29, 0.717) is 52.7 Å². The second-order valence-electron chi connectivity index (χ2n) is 9.22. The Kier molecular flexibility index (Phi) is 19.7. The van der Waals surface area contributed by atoms with Gasteiger partial charge in [0.25, 0.3) is 0 Å². The van der Waals surface area contributed by atoms with Crippen LogP contribution >= 0.6 is 0 Å². The van der Waals surface area contributed by atoms with E-state index in [9.17, 15) is 4.79 Å². The summed E-state index contributed by atoms with van der Waals surface area (Å²) in [5.41, 5.74) is 8.89. The van der Waals surface area contributed by atoms with Crippen LogP contribution in [-0.4, -0.2) is 77.0 Å². The molecule has 0 aliphatic heterocycles. The number of amides is 1. The Bertz CT molecular complexity index is 720. The number of nitrogens with zero attached hydrogens (tertiary/aromatic N) is 3. The third kappa shape index (κ3) is 13.8. The monoisotopic (exact) mass is 612 g/mol. The molecule has 1 amide bonds. The van der Waals surface area contributed by atoms with Crippen LogP contribution in [0.3, 0.4) is 0 Å². The molecule has 0 saturated carbocycles. The molecule has 204 valence electrons. The number of hydrogen-bond acceptors (Lipinski definition) is 5. The van der Waals surface area contributed by atoms with Crippen molar-refractivity contribution in [1.29, 1.82) is 0 Å². The molecule has 0 saturated heterocycles. The van der Waals surface area contributed by atoms with Crippen LogP contribution in [0, 0.1) is 0 Å². The summed E-state index contributed by atoms with van der Waals surface area (Å²) in [6.45, 7) is 10.4. The van der Waals surface area contributed by atoms with Gasteiger partial charge in [-0.25, -0.2) is 0 Å². The Morgan fingerprint density at radius 1 is 0.833 bits per heavy atom. The van der Waals surface area contributed by atoms with Crippen molar-refractivity contribution in [2.75, 3.05) is 52.7 Å². The quantitative estimate of drug-likeness (QED) is 0.0553. The zero-order valence-corrected chi connectivity index (χ0v) is 25.7. The fourth-order valence-corrected chi connectivity index (χ4v) is 20.3. The minimum atomic E-state index is -2.45. The van der Waals surface area contributed by atoms with Gasteiger partial charge in [0, 0.05) is 11.5 Å². The number of carbonyl (C=O) groups is 1. The third-order valence-corrected chi connectivity index (χ3v) is 22.1. The molecule has 0 fully saturated rings. The molecule has 0 bridgehead atoms. The molecule has 0 heterocycles. The van der Waals surface area contributed by atoms with Crippen LogP contribution in [0.2, 0.25) is 13.3 Å². The van der Waals surface area contributed by atoms with Gasteiger partial charge in [-0.1, -0.05) is 5.11 Å². The number of ether oxygens (including phenoxy) is 3. The molecule has 1 rings (SSSR count). The van der Waals surface area contributed by atoms with Crippen molar-refractivity contribution >= 4 is 27.9 Å². The van der Waals surface area contributed by atoms with Crippen molar-refractivity contribution in [3.05, 3.63) is 40.3 Å². The molecule has 0 radical (unpaired) electrons. The van der Waals surface area contributed by atoms with E-state index in [4.69, 9.17) is 19.7 Å². The Morgan fingerprint density at radius 2 is 1.33 bits per heavy atom. The fourth-order valence-electron chi connectivity index (χ4n) is 4.36. The maximum absolute atomic E-state index is 12.6. The molecule has 9 heteroatoms. The number of rotatable bonds is 23. The molecule has 36 heavy (non-hydrogen) atoms. The van der Waals surface area contributed by atoms with Gasteiger partial charge in [-0.05, 0) is 5.53 Å². The van der Waals surface area contributed by atoms with Crippen LogP contribution in [0.4, 0.5) is 0 Å². The average molecular weight is 611 g/mol. The predicted octanol–water partition coefficient (Wildman–Crippen LogP) is 5.83. The summed E-state index contributed by atoms with van der Waals surface area (Å²) >= 11 is -2.45. The zero-order chi connectivity index (χ0) is 26.3. The SMILES string of the molecule is CCC[CH2][Sn]([CH2]CCC)([CH2]CCC)[c]1ccc(C(=O)NCCOCCOCCOCCN=[N+]=[N-])cc1. The zero-order valence-electron chi connectivity index (χ0n) is 22.8. The van der Waals surface area contributed by atoms with Gasteiger partial charge >= 0.3 is 176 Å². The maximum atomic E-state index is 12.6. The first-order chi connectivity index (χ1) is 17.6. The third-order valence-electron chi connectivity index (χ3n) is 6.46. The minimum absolute atomic E-state index is 0.0456. The normalized spacial score (nSPS) is 11.3. The van der Waals surface area contributed by atoms with E-state index in [1.165, 1.54) is 51.8 Å². The molecule has 0 aliphatic rings. The van der Waals surface area contributed by atoms with Crippen molar-refractivity contribution < 1.29 is 19.0 Å². The molecule has 1 aromatic rings. The summed E-state index contributed by atoms with van der Waals surface area (Å²) in [6.07, 6.45) is 7.80. The predicted molar refractivity (Wildman–Crippen MR) is 150 cm³/mol. The summed E-state index contributed by atoms with van der Waals surface area (Å²) in [4.78, 5) is 15.3. The van der Waals surface area contributed by atoms with Crippen molar-refractivity contribution in [2.45, 2.75) is 72.6 Å². The second kappa shape index (κ2) is 21.7. The Hall–Kier alpha value is -1.32. The van der Waals surface area contributed by atoms with Gasteiger partial charge in [-0.2, -0.15) is 0 Å². The fraction of sp³-hybridized carbons (Fsp3) is 0.741. The van der Waals surface area contributed by atoms with Crippen molar-refractivity contribution in [2.24, 2.45) is 5.11 Å². The van der Waals surface area contributed by atoms with E-state index in [-0.39, 0.29) is 5.91 Å². The van der Waals surface area contributed by atoms with Gasteiger partial charge in [0.05, 0.1) is 19.8 Å². The summed E-state index contributed by atoms with van der Waals surface area (Å²) in [5.74, 6) is -0.0456. The molecule has 1 N–H and O–H groups in total. The summed E-state index contributed by atoms with van der Waals surface area (Å²) in [5, 5.41) is 6.34. The van der Waals surface area contributed by atoms with Gasteiger partial charge in [-0.3, -0.25) is 0 Å².